The molecule has 1 saturated carbocycles. The third-order valence-electron chi connectivity index (χ3n) is 6.07. The molecule has 3 atom stereocenters. The Morgan fingerprint density at radius 3 is 2.73 bits per heavy atom. The fourth-order valence-electron chi connectivity index (χ4n) is 4.53. The molecule has 1 spiro atoms. The summed E-state index contributed by atoms with van der Waals surface area (Å²) in [7, 11) is 0. The maximum atomic E-state index is 12.9. The van der Waals surface area contributed by atoms with E-state index in [0.29, 0.717) is 41.5 Å². The molecular formula is C18H20Cl2N2O4. The van der Waals surface area contributed by atoms with Gasteiger partial charge >= 0.3 is 0 Å². The summed E-state index contributed by atoms with van der Waals surface area (Å²) in [5.41, 5.74) is -0.538. The minimum atomic E-state index is -1.17. The Balaban J connectivity index is 1.57. The highest BCUT2D eigenvalue weighted by Crippen LogP contribution is 2.47. The molecule has 2 amide bonds. The van der Waals surface area contributed by atoms with Gasteiger partial charge in [-0.3, -0.25) is 9.59 Å². The minimum Gasteiger partial charge on any atom is -0.393 e. The van der Waals surface area contributed by atoms with Crippen LogP contribution in [-0.2, 0) is 15.0 Å². The van der Waals surface area contributed by atoms with Crippen LogP contribution < -0.4 is 5.32 Å². The predicted octanol–water partition coefficient (Wildman–Crippen LogP) is 1.94. The smallest absolute Gasteiger partial charge is 0.237 e. The number of fused-ring (bicyclic) bond motifs is 2. The summed E-state index contributed by atoms with van der Waals surface area (Å²) in [5.74, 6) is -0.521. The highest BCUT2D eigenvalue weighted by molar-refractivity contribution is 6.42. The largest absolute Gasteiger partial charge is 0.393 e. The third-order valence-corrected chi connectivity index (χ3v) is 6.79. The van der Waals surface area contributed by atoms with Gasteiger partial charge in [0.2, 0.25) is 11.8 Å². The van der Waals surface area contributed by atoms with Crippen molar-refractivity contribution in [3.8, 4) is 0 Å². The first kappa shape index (κ1) is 18.0. The van der Waals surface area contributed by atoms with Crippen LogP contribution in [-0.4, -0.2) is 52.2 Å². The number of carbonyl (C=O) groups excluding carboxylic acids is 2. The Labute approximate surface area is 161 Å². The first-order valence-corrected chi connectivity index (χ1v) is 9.47. The molecule has 0 aromatic heterocycles. The van der Waals surface area contributed by atoms with Gasteiger partial charge in [0.05, 0.1) is 27.7 Å². The van der Waals surface area contributed by atoms with Crippen molar-refractivity contribution in [2.75, 3.05) is 25.0 Å². The minimum absolute atomic E-state index is 0.0624. The van der Waals surface area contributed by atoms with Gasteiger partial charge < -0.3 is 20.4 Å². The van der Waals surface area contributed by atoms with Crippen molar-refractivity contribution in [2.24, 2.45) is 5.92 Å². The highest BCUT2D eigenvalue weighted by Gasteiger charge is 2.53. The molecule has 2 fully saturated rings. The Morgan fingerprint density at radius 2 is 2.04 bits per heavy atom. The second-order valence-electron chi connectivity index (χ2n) is 7.68. The number of aliphatic hydroxyl groups excluding tert-OH is 1. The number of anilines is 1. The number of likely N-dealkylation sites (tertiary alicyclic amines) is 1. The lowest BCUT2D eigenvalue weighted by molar-refractivity contribution is -0.135. The number of hydrogen-bond acceptors (Lipinski definition) is 4. The zero-order chi connectivity index (χ0) is 18.7. The van der Waals surface area contributed by atoms with Crippen molar-refractivity contribution in [3.05, 3.63) is 27.7 Å². The number of aliphatic hydroxyl groups is 2. The van der Waals surface area contributed by atoms with E-state index in [1.807, 2.05) is 0 Å². The van der Waals surface area contributed by atoms with Crippen LogP contribution in [0.25, 0.3) is 0 Å². The third kappa shape index (κ3) is 2.62. The molecule has 1 aliphatic carbocycles. The molecule has 3 N–H and O–H groups in total. The van der Waals surface area contributed by atoms with E-state index in [-0.39, 0.29) is 37.3 Å². The summed E-state index contributed by atoms with van der Waals surface area (Å²) < 4.78 is 0. The molecule has 0 radical (unpaired) electrons. The normalized spacial score (nSPS) is 33.0. The lowest BCUT2D eigenvalue weighted by Crippen LogP contribution is -2.41. The quantitative estimate of drug-likeness (QED) is 0.709. The Bertz CT molecular complexity index is 802. The summed E-state index contributed by atoms with van der Waals surface area (Å²) in [6.45, 7) is 0.423. The van der Waals surface area contributed by atoms with E-state index in [4.69, 9.17) is 23.2 Å². The summed E-state index contributed by atoms with van der Waals surface area (Å²) >= 11 is 12.2. The topological polar surface area (TPSA) is 89.9 Å². The molecule has 3 aliphatic rings. The van der Waals surface area contributed by atoms with E-state index < -0.39 is 11.0 Å². The molecule has 1 aromatic carbocycles. The lowest BCUT2D eigenvalue weighted by Gasteiger charge is -2.25. The van der Waals surface area contributed by atoms with Crippen LogP contribution >= 0.6 is 23.2 Å². The standard InChI is InChI=1S/C18H20Cl2N2O4/c19-12-5-11-14(6-13(12)20)21-16(25)18(11)3-4-22(8-18)15(24)10-1-2-17(26,7-10)9-23/h5-6,10,23,26H,1-4,7-9H2,(H,21,25)/t10-,17+,18-/m1/s1. The van der Waals surface area contributed by atoms with Gasteiger partial charge in [-0.2, -0.15) is 0 Å². The molecule has 0 unspecified atom stereocenters. The number of halogens is 2. The van der Waals surface area contributed by atoms with Crippen molar-refractivity contribution in [3.63, 3.8) is 0 Å². The fraction of sp³-hybridized carbons (Fsp3) is 0.556. The number of nitrogens with zero attached hydrogens (tertiary/aromatic N) is 1. The van der Waals surface area contributed by atoms with Gasteiger partial charge in [0.15, 0.2) is 0 Å². The monoisotopic (exact) mass is 398 g/mol. The van der Waals surface area contributed by atoms with Crippen LogP contribution in [0.5, 0.6) is 0 Å². The van der Waals surface area contributed by atoms with Crippen LogP contribution in [0.15, 0.2) is 12.1 Å². The lowest BCUT2D eigenvalue weighted by atomic mass is 9.81. The van der Waals surface area contributed by atoms with Gasteiger partial charge in [-0.1, -0.05) is 23.2 Å². The van der Waals surface area contributed by atoms with Crippen molar-refractivity contribution in [1.29, 1.82) is 0 Å². The van der Waals surface area contributed by atoms with Crippen LogP contribution in [0.1, 0.15) is 31.2 Å². The van der Waals surface area contributed by atoms with Gasteiger partial charge in [-0.15, -0.1) is 0 Å². The molecule has 6 nitrogen and oxygen atoms in total. The zero-order valence-corrected chi connectivity index (χ0v) is 15.6. The van der Waals surface area contributed by atoms with Crippen molar-refractivity contribution in [2.45, 2.75) is 36.7 Å². The van der Waals surface area contributed by atoms with E-state index >= 15 is 0 Å². The first-order valence-electron chi connectivity index (χ1n) is 8.71. The molecule has 0 bridgehead atoms. The second-order valence-corrected chi connectivity index (χ2v) is 8.49. The van der Waals surface area contributed by atoms with Gasteiger partial charge in [-0.05, 0) is 43.4 Å². The first-order chi connectivity index (χ1) is 12.3. The number of carbonyl (C=O) groups is 2. The van der Waals surface area contributed by atoms with Crippen LogP contribution in [0.4, 0.5) is 5.69 Å². The van der Waals surface area contributed by atoms with Gasteiger partial charge in [0.25, 0.3) is 0 Å². The van der Waals surface area contributed by atoms with Crippen molar-refractivity contribution < 1.29 is 19.8 Å². The summed E-state index contributed by atoms with van der Waals surface area (Å²) in [5, 5.41) is 23.1. The SMILES string of the molecule is O=C([C@@H]1CC[C@@](O)(CO)C1)N1CC[C@]2(C1)C(=O)Nc1cc(Cl)c(Cl)cc12. The van der Waals surface area contributed by atoms with Gasteiger partial charge in [0.1, 0.15) is 0 Å². The maximum absolute atomic E-state index is 12.9. The number of rotatable bonds is 2. The molecule has 1 aromatic rings. The van der Waals surface area contributed by atoms with E-state index in [1.165, 1.54) is 0 Å². The van der Waals surface area contributed by atoms with Crippen LogP contribution in [0.3, 0.4) is 0 Å². The van der Waals surface area contributed by atoms with E-state index in [1.54, 1.807) is 17.0 Å². The van der Waals surface area contributed by atoms with E-state index in [9.17, 15) is 19.8 Å². The molecular weight excluding hydrogens is 379 g/mol. The maximum Gasteiger partial charge on any atom is 0.237 e. The van der Waals surface area contributed by atoms with E-state index in [0.717, 1.165) is 5.56 Å². The Morgan fingerprint density at radius 1 is 1.31 bits per heavy atom. The average molecular weight is 399 g/mol. The number of nitrogens with one attached hydrogen (secondary N) is 1. The van der Waals surface area contributed by atoms with E-state index in [2.05, 4.69) is 5.32 Å². The van der Waals surface area contributed by atoms with Gasteiger partial charge in [-0.25, -0.2) is 0 Å². The zero-order valence-electron chi connectivity index (χ0n) is 14.1. The highest BCUT2D eigenvalue weighted by atomic mass is 35.5. The van der Waals surface area contributed by atoms with Gasteiger partial charge in [0, 0.05) is 24.7 Å². The summed E-state index contributed by atoms with van der Waals surface area (Å²) in [6, 6.07) is 3.36. The molecule has 8 heteroatoms. The van der Waals surface area contributed by atoms with Crippen LogP contribution in [0, 0.1) is 5.92 Å². The summed E-state index contributed by atoms with van der Waals surface area (Å²) in [6.07, 6.45) is 1.74. The number of benzene rings is 1. The Kier molecular flexibility index (Phi) is 4.23. The van der Waals surface area contributed by atoms with Crippen LogP contribution in [0.2, 0.25) is 10.0 Å². The molecule has 1 saturated heterocycles. The van der Waals surface area contributed by atoms with Crippen molar-refractivity contribution >= 4 is 40.7 Å². The molecule has 2 heterocycles. The number of amides is 2. The average Bonchev–Trinajstić information content (AvgIpc) is 3.28. The second kappa shape index (κ2) is 6.09. The molecule has 4 rings (SSSR count). The fourth-order valence-corrected chi connectivity index (χ4v) is 4.86. The molecule has 2 aliphatic heterocycles. The molecule has 26 heavy (non-hydrogen) atoms. The Hall–Kier alpha value is -1.34. The van der Waals surface area contributed by atoms with Crippen molar-refractivity contribution in [1.82, 2.24) is 4.90 Å². The predicted molar refractivity (Wildman–Crippen MR) is 97.3 cm³/mol. The molecule has 140 valence electrons. The number of hydrogen-bond donors (Lipinski definition) is 3. The summed E-state index contributed by atoms with van der Waals surface area (Å²) in [4.78, 5) is 27.3.